The number of Topliss-reactive ketones (excluding diaryl/α,β-unsaturated/α-hetero) is 1. The van der Waals surface area contributed by atoms with Gasteiger partial charge >= 0.3 is 0 Å². The summed E-state index contributed by atoms with van der Waals surface area (Å²) < 4.78 is 0.689. The highest BCUT2D eigenvalue weighted by molar-refractivity contribution is 14.1. The number of benzene rings is 1. The molecule has 1 aromatic rings. The van der Waals surface area contributed by atoms with E-state index in [0.717, 1.165) is 0 Å². The second kappa shape index (κ2) is 5.60. The van der Waals surface area contributed by atoms with Gasteiger partial charge in [0.2, 0.25) is 5.91 Å². The van der Waals surface area contributed by atoms with E-state index in [-0.39, 0.29) is 16.5 Å². The number of aliphatic hydroxyl groups is 1. The maximum atomic E-state index is 11.3. The monoisotopic (exact) mass is 353 g/mol. The number of hydrogen-bond acceptors (Lipinski definition) is 3. The predicted molar refractivity (Wildman–Crippen MR) is 69.9 cm³/mol. The average molecular weight is 354 g/mol. The molecular weight excluding hydrogens is 344 g/mol. The Morgan fingerprint density at radius 3 is 2.62 bits per heavy atom. The summed E-state index contributed by atoms with van der Waals surface area (Å²) in [6, 6.07) is 3.03. The summed E-state index contributed by atoms with van der Waals surface area (Å²) in [6.45, 7) is 0.798. The van der Waals surface area contributed by atoms with E-state index in [4.69, 9.17) is 16.7 Å². The van der Waals surface area contributed by atoms with Crippen molar-refractivity contribution < 1.29 is 14.7 Å². The molecular formula is C10H9ClINO3. The Morgan fingerprint density at radius 2 is 2.12 bits per heavy atom. The zero-order chi connectivity index (χ0) is 12.3. The standard InChI is InChI=1S/C10H9ClINO3/c1-5(15)13-9-3-7(11)6(2-8(9)12)10(16)4-14/h2-3,14H,4H2,1H3,(H,13,15). The van der Waals surface area contributed by atoms with Gasteiger partial charge in [-0.2, -0.15) is 0 Å². The molecule has 1 rings (SSSR count). The number of ketones is 1. The summed E-state index contributed by atoms with van der Waals surface area (Å²) in [7, 11) is 0. The molecule has 0 aliphatic rings. The second-order valence-corrected chi connectivity index (χ2v) is 4.64. The van der Waals surface area contributed by atoms with Crippen molar-refractivity contribution >= 4 is 51.6 Å². The van der Waals surface area contributed by atoms with Crippen molar-refractivity contribution in [3.05, 3.63) is 26.3 Å². The maximum absolute atomic E-state index is 11.3. The molecule has 16 heavy (non-hydrogen) atoms. The van der Waals surface area contributed by atoms with Crippen molar-refractivity contribution in [1.29, 1.82) is 0 Å². The first kappa shape index (κ1) is 13.4. The van der Waals surface area contributed by atoms with Crippen LogP contribution in [0, 0.1) is 3.57 Å². The molecule has 6 heteroatoms. The van der Waals surface area contributed by atoms with Crippen molar-refractivity contribution in [2.45, 2.75) is 6.92 Å². The van der Waals surface area contributed by atoms with Crippen LogP contribution in [0.1, 0.15) is 17.3 Å². The maximum Gasteiger partial charge on any atom is 0.221 e. The lowest BCUT2D eigenvalue weighted by atomic mass is 10.1. The van der Waals surface area contributed by atoms with E-state index < -0.39 is 12.4 Å². The molecule has 0 fully saturated rings. The molecule has 0 aromatic heterocycles. The van der Waals surface area contributed by atoms with E-state index in [0.29, 0.717) is 9.26 Å². The molecule has 0 spiro atoms. The van der Waals surface area contributed by atoms with Gasteiger partial charge in [-0.15, -0.1) is 0 Å². The van der Waals surface area contributed by atoms with Crippen molar-refractivity contribution in [1.82, 2.24) is 0 Å². The fourth-order valence-electron chi connectivity index (χ4n) is 1.13. The molecule has 0 aliphatic heterocycles. The molecule has 0 saturated carbocycles. The lowest BCUT2D eigenvalue weighted by molar-refractivity contribution is -0.114. The van der Waals surface area contributed by atoms with Gasteiger partial charge < -0.3 is 10.4 Å². The van der Waals surface area contributed by atoms with Gasteiger partial charge in [-0.05, 0) is 34.7 Å². The molecule has 86 valence electrons. The van der Waals surface area contributed by atoms with Crippen LogP contribution in [0.3, 0.4) is 0 Å². The van der Waals surface area contributed by atoms with Crippen LogP contribution in [0.25, 0.3) is 0 Å². The first-order valence-corrected chi connectivity index (χ1v) is 5.82. The molecule has 0 saturated heterocycles. The summed E-state index contributed by atoms with van der Waals surface area (Å²) in [4.78, 5) is 22.2. The highest BCUT2D eigenvalue weighted by Crippen LogP contribution is 2.27. The minimum atomic E-state index is -0.588. The van der Waals surface area contributed by atoms with E-state index in [1.54, 1.807) is 0 Å². The Balaban J connectivity index is 3.16. The lowest BCUT2D eigenvalue weighted by Crippen LogP contribution is -2.10. The topological polar surface area (TPSA) is 66.4 Å². The lowest BCUT2D eigenvalue weighted by Gasteiger charge is -2.08. The summed E-state index contributed by atoms with van der Waals surface area (Å²) >= 11 is 7.85. The van der Waals surface area contributed by atoms with Crippen LogP contribution in [-0.4, -0.2) is 23.4 Å². The highest BCUT2D eigenvalue weighted by Gasteiger charge is 2.13. The van der Waals surface area contributed by atoms with E-state index in [1.807, 2.05) is 22.6 Å². The van der Waals surface area contributed by atoms with Crippen LogP contribution in [0.15, 0.2) is 12.1 Å². The molecule has 0 unspecified atom stereocenters. The fraction of sp³-hybridized carbons (Fsp3) is 0.200. The van der Waals surface area contributed by atoms with Crippen LogP contribution in [0.5, 0.6) is 0 Å². The van der Waals surface area contributed by atoms with Crippen LogP contribution in [0.2, 0.25) is 5.02 Å². The predicted octanol–water partition coefficient (Wildman–Crippen LogP) is 2.08. The smallest absolute Gasteiger partial charge is 0.221 e. The molecule has 0 radical (unpaired) electrons. The number of hydrogen-bond donors (Lipinski definition) is 2. The SMILES string of the molecule is CC(=O)Nc1cc(Cl)c(C(=O)CO)cc1I. The van der Waals surface area contributed by atoms with Gasteiger partial charge in [0.15, 0.2) is 5.78 Å². The molecule has 0 heterocycles. The molecule has 2 N–H and O–H groups in total. The molecule has 1 aromatic carbocycles. The molecule has 4 nitrogen and oxygen atoms in total. The Morgan fingerprint density at radius 1 is 1.50 bits per heavy atom. The largest absolute Gasteiger partial charge is 0.388 e. The van der Waals surface area contributed by atoms with Crippen LogP contribution in [-0.2, 0) is 4.79 Å². The minimum absolute atomic E-state index is 0.211. The molecule has 1 amide bonds. The van der Waals surface area contributed by atoms with E-state index >= 15 is 0 Å². The Hall–Kier alpha value is -0.660. The van der Waals surface area contributed by atoms with Crippen molar-refractivity contribution in [2.75, 3.05) is 11.9 Å². The summed E-state index contributed by atoms with van der Waals surface area (Å²) in [5, 5.41) is 11.5. The Bertz CT molecular complexity index is 448. The normalized spacial score (nSPS) is 10.0. The second-order valence-electron chi connectivity index (χ2n) is 3.07. The van der Waals surface area contributed by atoms with Gasteiger partial charge in [0.05, 0.1) is 10.7 Å². The number of carbonyl (C=O) groups is 2. The average Bonchev–Trinajstić information content (AvgIpc) is 2.21. The third-order valence-electron chi connectivity index (χ3n) is 1.81. The highest BCUT2D eigenvalue weighted by atomic mass is 127. The van der Waals surface area contributed by atoms with Gasteiger partial charge in [0.25, 0.3) is 0 Å². The third-order valence-corrected chi connectivity index (χ3v) is 3.02. The number of anilines is 1. The number of aliphatic hydroxyl groups excluding tert-OH is 1. The number of nitrogens with one attached hydrogen (secondary N) is 1. The van der Waals surface area contributed by atoms with E-state index in [2.05, 4.69) is 5.32 Å². The van der Waals surface area contributed by atoms with Crippen molar-refractivity contribution in [2.24, 2.45) is 0 Å². The summed E-state index contributed by atoms with van der Waals surface area (Å²) in [5.41, 5.74) is 0.801. The zero-order valence-corrected chi connectivity index (χ0v) is 11.3. The number of amides is 1. The fourth-order valence-corrected chi connectivity index (χ4v) is 2.00. The minimum Gasteiger partial charge on any atom is -0.388 e. The van der Waals surface area contributed by atoms with E-state index in [9.17, 15) is 9.59 Å². The van der Waals surface area contributed by atoms with Crippen molar-refractivity contribution in [3.63, 3.8) is 0 Å². The Kier molecular flexibility index (Phi) is 4.69. The van der Waals surface area contributed by atoms with Gasteiger partial charge in [-0.25, -0.2) is 0 Å². The van der Waals surface area contributed by atoms with Gasteiger partial charge in [0.1, 0.15) is 6.61 Å². The van der Waals surface area contributed by atoms with Crippen LogP contribution in [0.4, 0.5) is 5.69 Å². The number of halogens is 2. The number of carbonyl (C=O) groups excluding carboxylic acids is 2. The molecule has 0 aliphatic carbocycles. The zero-order valence-electron chi connectivity index (χ0n) is 8.38. The summed E-state index contributed by atoms with van der Waals surface area (Å²) in [6.07, 6.45) is 0. The van der Waals surface area contributed by atoms with Crippen molar-refractivity contribution in [3.8, 4) is 0 Å². The van der Waals surface area contributed by atoms with Gasteiger partial charge in [-0.3, -0.25) is 9.59 Å². The van der Waals surface area contributed by atoms with E-state index in [1.165, 1.54) is 19.1 Å². The van der Waals surface area contributed by atoms with Crippen LogP contribution >= 0.6 is 34.2 Å². The quantitative estimate of drug-likeness (QED) is 0.646. The third kappa shape index (κ3) is 3.16. The molecule has 0 atom stereocenters. The number of rotatable bonds is 3. The Labute approximate surface area is 111 Å². The first-order valence-electron chi connectivity index (χ1n) is 4.36. The summed E-state index contributed by atoms with van der Waals surface area (Å²) in [5.74, 6) is -0.660. The molecule has 0 bridgehead atoms. The van der Waals surface area contributed by atoms with Crippen LogP contribution < -0.4 is 5.32 Å². The van der Waals surface area contributed by atoms with Gasteiger partial charge in [0, 0.05) is 16.1 Å². The van der Waals surface area contributed by atoms with Gasteiger partial charge in [-0.1, -0.05) is 11.6 Å². The first-order chi connectivity index (χ1) is 7.45.